The Bertz CT molecular complexity index is 15.5. The Morgan fingerprint density at radius 2 is 1.33 bits per heavy atom. The summed E-state index contributed by atoms with van der Waals surface area (Å²) >= 11 is 0. The van der Waals surface area contributed by atoms with Crippen molar-refractivity contribution in [3.05, 3.63) is 0 Å². The van der Waals surface area contributed by atoms with Gasteiger partial charge in [0.25, 0.3) is 0 Å². The quantitative estimate of drug-likeness (QED) is 0.595. The van der Waals surface area contributed by atoms with E-state index in [1.54, 1.807) is 13.8 Å². The van der Waals surface area contributed by atoms with Gasteiger partial charge in [0.2, 0.25) is 0 Å². The van der Waals surface area contributed by atoms with Gasteiger partial charge in [0.15, 0.2) is 0 Å². The summed E-state index contributed by atoms with van der Waals surface area (Å²) in [5.41, 5.74) is 0. The second-order valence-electron chi connectivity index (χ2n) is 1.09. The van der Waals surface area contributed by atoms with Gasteiger partial charge in [-0.15, -0.1) is 12.4 Å². The van der Waals surface area contributed by atoms with Crippen molar-refractivity contribution < 1.29 is 31.3 Å². The molecule has 0 spiro atoms. The first-order chi connectivity index (χ1) is 1.73. The zero-order chi connectivity index (χ0) is 3.58. The van der Waals surface area contributed by atoms with Crippen LogP contribution in [-0.4, -0.2) is 11.2 Å². The van der Waals surface area contributed by atoms with E-state index in [4.69, 9.17) is 5.11 Å². The van der Waals surface area contributed by atoms with Gasteiger partial charge in [-0.25, -0.2) is 0 Å². The van der Waals surface area contributed by atoms with Crippen LogP contribution in [0.3, 0.4) is 0 Å². The van der Waals surface area contributed by atoms with E-state index in [-0.39, 0.29) is 44.7 Å². The molecule has 0 rings (SSSR count). The van der Waals surface area contributed by atoms with Gasteiger partial charge in [0.05, 0.1) is 0 Å². The Balaban J connectivity index is -0.0000000450. The second-order valence-corrected chi connectivity index (χ2v) is 1.09. The number of hydrogen-bond donors (Lipinski definition) is 1. The molecule has 0 radical (unpaired) electrons. The molecule has 0 atom stereocenters. The normalized spacial score (nSPS) is 6.00. The van der Waals surface area contributed by atoms with Crippen LogP contribution in [0.5, 0.6) is 0 Å². The van der Waals surface area contributed by atoms with Crippen LogP contribution < -0.4 is 0 Å². The molecule has 0 saturated heterocycles. The Morgan fingerprint density at radius 3 is 1.33 bits per heavy atom. The third kappa shape index (κ3) is 68.3. The Labute approximate surface area is 63.7 Å². The van der Waals surface area contributed by atoms with Crippen LogP contribution in [0.25, 0.3) is 0 Å². The summed E-state index contributed by atoms with van der Waals surface area (Å²) in [6, 6.07) is 0. The molecule has 38 valence electrons. The van der Waals surface area contributed by atoms with E-state index in [0.717, 1.165) is 0 Å². The van der Waals surface area contributed by atoms with Gasteiger partial charge in [0, 0.05) is 32.3 Å². The van der Waals surface area contributed by atoms with Crippen LogP contribution in [0, 0.1) is 0 Å². The van der Waals surface area contributed by atoms with Crippen LogP contribution >= 0.6 is 12.4 Å². The summed E-state index contributed by atoms with van der Waals surface area (Å²) in [5.74, 6) is 0. The molecule has 0 aliphatic rings. The van der Waals surface area contributed by atoms with Crippen molar-refractivity contribution in [1.29, 1.82) is 0 Å². The first-order valence-electron chi connectivity index (χ1n) is 1.41. The molecule has 0 fully saturated rings. The van der Waals surface area contributed by atoms with Gasteiger partial charge >= 0.3 is 0 Å². The minimum Gasteiger partial charge on any atom is -0.394 e. The molecule has 0 amide bonds. The van der Waals surface area contributed by atoms with E-state index < -0.39 is 0 Å². The monoisotopic (exact) mass is 186 g/mol. The molecule has 1 nitrogen and oxygen atoms in total. The van der Waals surface area contributed by atoms with Crippen LogP contribution in [-0.2, 0) is 26.2 Å². The van der Waals surface area contributed by atoms with Crippen LogP contribution in [0.4, 0.5) is 0 Å². The molecular formula is C3H9ClOZr. The smallest absolute Gasteiger partial charge is 0.0483 e. The molecule has 0 aliphatic heterocycles. The maximum Gasteiger partial charge on any atom is 0.0483 e. The number of halogens is 1. The first kappa shape index (κ1) is 15.7. The van der Waals surface area contributed by atoms with E-state index >= 15 is 0 Å². The van der Waals surface area contributed by atoms with Crippen LogP contribution in [0.15, 0.2) is 0 Å². The van der Waals surface area contributed by atoms with E-state index in [9.17, 15) is 0 Å². The van der Waals surface area contributed by atoms with Gasteiger partial charge in [-0.3, -0.25) is 0 Å². The average molecular weight is 188 g/mol. The summed E-state index contributed by atoms with van der Waals surface area (Å²) in [5, 5.41) is 8.06. The Kier molecular flexibility index (Phi) is 24.8. The molecule has 0 bridgehead atoms. The van der Waals surface area contributed by atoms with Crippen molar-refractivity contribution in [3.63, 3.8) is 0 Å². The molecule has 0 aliphatic carbocycles. The molecule has 0 saturated carbocycles. The van der Waals surface area contributed by atoms with Crippen LogP contribution in [0.1, 0.15) is 13.8 Å². The first-order valence-corrected chi connectivity index (χ1v) is 1.41. The van der Waals surface area contributed by atoms with Gasteiger partial charge in [-0.2, -0.15) is 0 Å². The topological polar surface area (TPSA) is 20.2 Å². The Morgan fingerprint density at radius 1 is 1.33 bits per heavy atom. The molecule has 0 aromatic rings. The fraction of sp³-hybridized carbons (Fsp3) is 1.00. The van der Waals surface area contributed by atoms with Crippen molar-refractivity contribution in [2.24, 2.45) is 0 Å². The fourth-order valence-electron chi connectivity index (χ4n) is 0. The molecule has 1 N–H and O–H groups in total. The van der Waals surface area contributed by atoms with Crippen molar-refractivity contribution in [3.8, 4) is 0 Å². The fourth-order valence-corrected chi connectivity index (χ4v) is 0. The standard InChI is InChI=1S/C3H8O.ClH.Zr/c1-3(2)4;;/h3-4H,1-2H3;1H;. The Hall–Kier alpha value is 1.13. The molecule has 0 aromatic heterocycles. The van der Waals surface area contributed by atoms with Crippen LogP contribution in [0.2, 0.25) is 0 Å². The predicted octanol–water partition coefficient (Wildman–Crippen LogP) is 0.806. The molecular weight excluding hydrogens is 179 g/mol. The van der Waals surface area contributed by atoms with E-state index in [1.807, 2.05) is 0 Å². The molecule has 0 aromatic carbocycles. The summed E-state index contributed by atoms with van der Waals surface area (Å²) in [6.45, 7) is 3.44. The largest absolute Gasteiger partial charge is 0.394 e. The maximum absolute atomic E-state index is 8.06. The van der Waals surface area contributed by atoms with E-state index in [1.165, 1.54) is 0 Å². The van der Waals surface area contributed by atoms with E-state index in [2.05, 4.69) is 0 Å². The number of aliphatic hydroxyl groups excluding tert-OH is 1. The zero-order valence-corrected chi connectivity index (χ0v) is 7.21. The summed E-state index contributed by atoms with van der Waals surface area (Å²) in [7, 11) is 0. The molecule has 0 unspecified atom stereocenters. The number of hydrogen-bond acceptors (Lipinski definition) is 1. The van der Waals surface area contributed by atoms with Gasteiger partial charge in [-0.1, -0.05) is 0 Å². The van der Waals surface area contributed by atoms with Crippen molar-refractivity contribution in [2.75, 3.05) is 0 Å². The average Bonchev–Trinajstić information content (AvgIpc) is 0.811. The number of rotatable bonds is 0. The SMILES string of the molecule is CC(C)O.Cl.[Zr]. The van der Waals surface area contributed by atoms with E-state index in [0.29, 0.717) is 0 Å². The molecule has 6 heavy (non-hydrogen) atoms. The van der Waals surface area contributed by atoms with Crippen molar-refractivity contribution in [2.45, 2.75) is 20.0 Å². The minimum atomic E-state index is -0.167. The predicted molar refractivity (Wildman–Crippen MR) is 24.6 cm³/mol. The third-order valence-corrected chi connectivity index (χ3v) is 0. The summed E-state index contributed by atoms with van der Waals surface area (Å²) in [6.07, 6.45) is -0.167. The van der Waals surface area contributed by atoms with Gasteiger partial charge in [-0.05, 0) is 13.8 Å². The molecule has 3 heteroatoms. The van der Waals surface area contributed by atoms with Crippen molar-refractivity contribution >= 4 is 12.4 Å². The second kappa shape index (κ2) is 9.46. The minimum absolute atomic E-state index is 0. The molecule has 0 heterocycles. The summed E-state index contributed by atoms with van der Waals surface area (Å²) in [4.78, 5) is 0. The van der Waals surface area contributed by atoms with Crippen molar-refractivity contribution in [1.82, 2.24) is 0 Å². The maximum atomic E-state index is 8.06. The zero-order valence-electron chi connectivity index (χ0n) is 3.93. The number of aliphatic hydroxyl groups is 1. The van der Waals surface area contributed by atoms with Gasteiger partial charge in [0.1, 0.15) is 0 Å². The third-order valence-electron chi connectivity index (χ3n) is 0. The summed E-state index contributed by atoms with van der Waals surface area (Å²) < 4.78 is 0. The van der Waals surface area contributed by atoms with Gasteiger partial charge < -0.3 is 5.11 Å².